The molecule has 1 N–H and O–H groups in total. The molecular weight excluding hydrogens is 90.1 g/mol. The van der Waals surface area contributed by atoms with Crippen molar-refractivity contribution in [2.75, 3.05) is 13.2 Å². The number of ether oxygens (including phenoxy) is 1. The van der Waals surface area contributed by atoms with Gasteiger partial charge in [-0.3, -0.25) is 5.32 Å². The third-order valence-corrected chi connectivity index (χ3v) is 1.15. The minimum Gasteiger partial charge on any atom is -0.364 e. The van der Waals surface area contributed by atoms with Crippen LogP contribution in [-0.4, -0.2) is 19.4 Å². The summed E-state index contributed by atoms with van der Waals surface area (Å²) in [6.45, 7) is 3.97. The average molecular weight is 101 g/mol. The van der Waals surface area contributed by atoms with E-state index in [1.54, 1.807) is 0 Å². The van der Waals surface area contributed by atoms with Crippen molar-refractivity contribution in [3.8, 4) is 0 Å². The van der Waals surface area contributed by atoms with Crippen molar-refractivity contribution in [2.24, 2.45) is 0 Å². The Bertz CT molecular complexity index is 52.0. The molecule has 1 saturated heterocycles. The van der Waals surface area contributed by atoms with Gasteiger partial charge in [0.25, 0.3) is 0 Å². The van der Waals surface area contributed by atoms with E-state index in [2.05, 4.69) is 5.32 Å². The number of hydrogen-bond acceptors (Lipinski definition) is 2. The van der Waals surface area contributed by atoms with Gasteiger partial charge in [-0.2, -0.15) is 0 Å². The molecule has 0 amide bonds. The van der Waals surface area contributed by atoms with E-state index in [0.717, 1.165) is 13.2 Å². The maximum atomic E-state index is 5.17. The van der Waals surface area contributed by atoms with Crippen molar-refractivity contribution in [2.45, 2.75) is 19.6 Å². The molecule has 0 aliphatic carbocycles. The molecule has 0 aromatic rings. The molecule has 0 unspecified atom stereocenters. The van der Waals surface area contributed by atoms with Crippen LogP contribution in [0.5, 0.6) is 0 Å². The highest BCUT2D eigenvalue weighted by atomic mass is 16.5. The van der Waals surface area contributed by atoms with Gasteiger partial charge in [-0.25, -0.2) is 0 Å². The Hall–Kier alpha value is -0.0800. The zero-order chi connectivity index (χ0) is 5.11. The lowest BCUT2D eigenvalue weighted by atomic mass is 10.2. The molecule has 2 nitrogen and oxygen atoms in total. The van der Waals surface area contributed by atoms with E-state index in [1.165, 1.54) is 6.42 Å². The molecule has 1 atom stereocenters. The second-order valence-corrected chi connectivity index (χ2v) is 1.69. The zero-order valence-electron chi connectivity index (χ0n) is 4.61. The maximum Gasteiger partial charge on any atom is 0.109 e. The maximum absolute atomic E-state index is 5.17. The molecule has 1 heterocycles. The quantitative estimate of drug-likeness (QED) is 0.541. The molecule has 1 fully saturated rings. The van der Waals surface area contributed by atoms with E-state index < -0.39 is 0 Å². The lowest BCUT2D eigenvalue weighted by Crippen LogP contribution is -2.44. The van der Waals surface area contributed by atoms with Gasteiger partial charge in [-0.1, -0.05) is 0 Å². The van der Waals surface area contributed by atoms with Gasteiger partial charge in [0.15, 0.2) is 0 Å². The third-order valence-electron chi connectivity index (χ3n) is 1.15. The van der Waals surface area contributed by atoms with E-state index in [-0.39, 0.29) is 0 Å². The van der Waals surface area contributed by atoms with Crippen LogP contribution in [0.1, 0.15) is 13.3 Å². The van der Waals surface area contributed by atoms with Gasteiger partial charge >= 0.3 is 0 Å². The van der Waals surface area contributed by atoms with Gasteiger partial charge in [0.2, 0.25) is 0 Å². The first-order valence-electron chi connectivity index (χ1n) is 2.78. The molecule has 7 heavy (non-hydrogen) atoms. The van der Waals surface area contributed by atoms with Crippen LogP contribution in [0.3, 0.4) is 0 Å². The van der Waals surface area contributed by atoms with Crippen LogP contribution in [0.4, 0.5) is 0 Å². The average Bonchev–Trinajstić information content (AvgIpc) is 1.55. The van der Waals surface area contributed by atoms with Crippen molar-refractivity contribution >= 4 is 0 Å². The smallest absolute Gasteiger partial charge is 0.109 e. The van der Waals surface area contributed by atoms with Crippen LogP contribution in [0.15, 0.2) is 0 Å². The lowest BCUT2D eigenvalue weighted by molar-refractivity contribution is -0.00615. The molecular formula is C5H11NO. The summed E-state index contributed by atoms with van der Waals surface area (Å²) in [7, 11) is 0. The molecule has 0 aromatic carbocycles. The predicted octanol–water partition coefficient (Wildman–Crippen LogP) is 0.342. The molecule has 2 heteroatoms. The third kappa shape index (κ3) is 1.14. The highest BCUT2D eigenvalue weighted by Gasteiger charge is 2.14. The van der Waals surface area contributed by atoms with Gasteiger partial charge in [-0.15, -0.1) is 0 Å². The summed E-state index contributed by atoms with van der Waals surface area (Å²) in [6.07, 6.45) is 1.57. The largest absolute Gasteiger partial charge is 0.364 e. The Labute approximate surface area is 43.9 Å². The highest BCUT2D eigenvalue weighted by molar-refractivity contribution is 4.66. The predicted molar refractivity (Wildman–Crippen MR) is 28.0 cm³/mol. The monoisotopic (exact) mass is 101 g/mol. The fourth-order valence-electron chi connectivity index (χ4n) is 0.606. The summed E-state index contributed by atoms with van der Waals surface area (Å²) < 4.78 is 5.17. The molecule has 0 aromatic heterocycles. The van der Waals surface area contributed by atoms with Gasteiger partial charge in [0.05, 0.1) is 0 Å². The molecule has 1 aliphatic heterocycles. The van der Waals surface area contributed by atoms with Gasteiger partial charge < -0.3 is 4.74 Å². The Morgan fingerprint density at radius 3 is 2.71 bits per heavy atom. The first kappa shape index (κ1) is 5.06. The number of rotatable bonds is 2. The normalized spacial score (nSPS) is 29.6. The first-order chi connectivity index (χ1) is 3.43. The summed E-state index contributed by atoms with van der Waals surface area (Å²) in [5.41, 5.74) is 0. The van der Waals surface area contributed by atoms with Gasteiger partial charge in [-0.05, 0) is 13.3 Å². The van der Waals surface area contributed by atoms with Crippen molar-refractivity contribution in [3.63, 3.8) is 0 Å². The SMILES string of the molecule is CCO[C@@H]1CCN1. The summed E-state index contributed by atoms with van der Waals surface area (Å²) in [5, 5.41) is 3.12. The molecule has 1 rings (SSSR count). The van der Waals surface area contributed by atoms with Crippen LogP contribution in [0, 0.1) is 0 Å². The summed E-state index contributed by atoms with van der Waals surface area (Å²) in [5.74, 6) is 0. The van der Waals surface area contributed by atoms with E-state index in [1.807, 2.05) is 6.92 Å². The van der Waals surface area contributed by atoms with Crippen molar-refractivity contribution in [1.29, 1.82) is 0 Å². The van der Waals surface area contributed by atoms with Gasteiger partial charge in [0.1, 0.15) is 6.23 Å². The fourth-order valence-corrected chi connectivity index (χ4v) is 0.606. The minimum absolute atomic E-state index is 0.380. The number of hydrogen-bond donors (Lipinski definition) is 1. The second-order valence-electron chi connectivity index (χ2n) is 1.69. The van der Waals surface area contributed by atoms with Crippen molar-refractivity contribution < 1.29 is 4.74 Å². The van der Waals surface area contributed by atoms with E-state index >= 15 is 0 Å². The topological polar surface area (TPSA) is 21.3 Å². The Kier molecular flexibility index (Phi) is 1.65. The second kappa shape index (κ2) is 2.28. The molecule has 42 valence electrons. The van der Waals surface area contributed by atoms with Crippen molar-refractivity contribution in [3.05, 3.63) is 0 Å². The molecule has 0 saturated carbocycles. The van der Waals surface area contributed by atoms with Gasteiger partial charge in [0, 0.05) is 13.2 Å². The molecule has 0 spiro atoms. The van der Waals surface area contributed by atoms with Crippen molar-refractivity contribution in [1.82, 2.24) is 5.32 Å². The van der Waals surface area contributed by atoms with Crippen LogP contribution in [0.25, 0.3) is 0 Å². The summed E-state index contributed by atoms with van der Waals surface area (Å²) in [4.78, 5) is 0. The first-order valence-corrected chi connectivity index (χ1v) is 2.78. The minimum atomic E-state index is 0.380. The zero-order valence-corrected chi connectivity index (χ0v) is 4.61. The Morgan fingerprint density at radius 2 is 2.57 bits per heavy atom. The Morgan fingerprint density at radius 1 is 1.86 bits per heavy atom. The van der Waals surface area contributed by atoms with Crippen LogP contribution >= 0.6 is 0 Å². The van der Waals surface area contributed by atoms with Crippen LogP contribution in [-0.2, 0) is 4.74 Å². The molecule has 0 bridgehead atoms. The number of nitrogens with one attached hydrogen (secondary N) is 1. The standard InChI is InChI=1S/C5H11NO/c1-2-7-5-3-4-6-5/h5-6H,2-4H2,1H3/t5-/m1/s1. The Balaban J connectivity index is 1.93. The molecule has 1 aliphatic rings. The fraction of sp³-hybridized carbons (Fsp3) is 1.00. The van der Waals surface area contributed by atoms with E-state index in [9.17, 15) is 0 Å². The lowest BCUT2D eigenvalue weighted by Gasteiger charge is -2.26. The highest BCUT2D eigenvalue weighted by Crippen LogP contribution is 2.01. The molecule has 0 radical (unpaired) electrons. The summed E-state index contributed by atoms with van der Waals surface area (Å²) >= 11 is 0. The van der Waals surface area contributed by atoms with E-state index in [4.69, 9.17) is 4.74 Å². The summed E-state index contributed by atoms with van der Waals surface area (Å²) in [6, 6.07) is 0. The van der Waals surface area contributed by atoms with E-state index in [0.29, 0.717) is 6.23 Å². The van der Waals surface area contributed by atoms with Crippen LogP contribution in [0.2, 0.25) is 0 Å². The van der Waals surface area contributed by atoms with Crippen LogP contribution < -0.4 is 5.32 Å².